The lowest BCUT2D eigenvalue weighted by Gasteiger charge is -2.27. The van der Waals surface area contributed by atoms with E-state index in [9.17, 15) is 9.59 Å². The van der Waals surface area contributed by atoms with Gasteiger partial charge in [0.15, 0.2) is 0 Å². The summed E-state index contributed by atoms with van der Waals surface area (Å²) >= 11 is 2.58. The van der Waals surface area contributed by atoms with Crippen molar-refractivity contribution in [3.63, 3.8) is 0 Å². The van der Waals surface area contributed by atoms with Crippen molar-refractivity contribution in [3.05, 3.63) is 38.0 Å². The first kappa shape index (κ1) is 15.2. The van der Waals surface area contributed by atoms with Gasteiger partial charge in [0.2, 0.25) is 0 Å². The van der Waals surface area contributed by atoms with Gasteiger partial charge in [0.1, 0.15) is 9.88 Å². The number of aromatic carboxylic acids is 1. The number of carbonyl (C=O) groups is 2. The van der Waals surface area contributed by atoms with Crippen molar-refractivity contribution in [1.29, 1.82) is 0 Å². The van der Waals surface area contributed by atoms with E-state index in [4.69, 9.17) is 5.11 Å². The Morgan fingerprint density at radius 3 is 2.50 bits per heavy atom. The first-order valence-corrected chi connectivity index (χ1v) is 8.78. The van der Waals surface area contributed by atoms with Crippen molar-refractivity contribution in [1.82, 2.24) is 10.3 Å². The summed E-state index contributed by atoms with van der Waals surface area (Å²) in [6.07, 6.45) is 3.87. The summed E-state index contributed by atoms with van der Waals surface area (Å²) in [5.74, 6) is -1.22. The predicted molar refractivity (Wildman–Crippen MR) is 85.7 cm³/mol. The third-order valence-corrected chi connectivity index (χ3v) is 6.12. The van der Waals surface area contributed by atoms with Gasteiger partial charge in [-0.15, -0.1) is 22.7 Å². The Kier molecular flexibility index (Phi) is 4.01. The molecule has 2 heterocycles. The second-order valence-electron chi connectivity index (χ2n) is 5.51. The van der Waals surface area contributed by atoms with Gasteiger partial charge >= 0.3 is 5.97 Å². The largest absolute Gasteiger partial charge is 0.477 e. The Morgan fingerprint density at radius 2 is 1.95 bits per heavy atom. The molecule has 2 aromatic heterocycles. The summed E-state index contributed by atoms with van der Waals surface area (Å²) in [6, 6.07) is 3.04. The average molecular weight is 336 g/mol. The van der Waals surface area contributed by atoms with Gasteiger partial charge in [0.05, 0.1) is 10.4 Å². The topological polar surface area (TPSA) is 79.3 Å². The molecule has 1 aliphatic rings. The Bertz CT molecular complexity index is 714. The molecule has 0 aliphatic heterocycles. The van der Waals surface area contributed by atoms with E-state index in [2.05, 4.69) is 10.3 Å². The molecule has 0 radical (unpaired) electrons. The van der Waals surface area contributed by atoms with Gasteiger partial charge in [-0.2, -0.15) is 0 Å². The minimum atomic E-state index is -1.00. The number of carboxylic acids is 1. The van der Waals surface area contributed by atoms with E-state index in [-0.39, 0.29) is 10.8 Å². The minimum absolute atomic E-state index is 0.177. The smallest absolute Gasteiger partial charge is 0.345 e. The second-order valence-corrected chi connectivity index (χ2v) is 7.45. The van der Waals surface area contributed by atoms with Gasteiger partial charge in [0.25, 0.3) is 5.91 Å². The molecule has 22 heavy (non-hydrogen) atoms. The number of carboxylic acid groups (broad SMARTS) is 1. The predicted octanol–water partition coefficient (Wildman–Crippen LogP) is 3.41. The van der Waals surface area contributed by atoms with E-state index < -0.39 is 11.5 Å². The summed E-state index contributed by atoms with van der Waals surface area (Å²) in [5.41, 5.74) is 0.563. The average Bonchev–Trinajstić information content (AvgIpc) is 3.17. The van der Waals surface area contributed by atoms with Crippen LogP contribution in [0.3, 0.4) is 0 Å². The van der Waals surface area contributed by atoms with Crippen LogP contribution in [0, 0.1) is 6.92 Å². The fourth-order valence-electron chi connectivity index (χ4n) is 2.80. The molecule has 0 bridgehead atoms. The molecule has 0 atom stereocenters. The molecule has 1 amide bonds. The highest BCUT2D eigenvalue weighted by molar-refractivity contribution is 7.15. The molecule has 2 aromatic rings. The van der Waals surface area contributed by atoms with Crippen LogP contribution in [-0.2, 0) is 5.54 Å². The summed E-state index contributed by atoms with van der Waals surface area (Å²) in [4.78, 5) is 28.6. The molecule has 7 heteroatoms. The van der Waals surface area contributed by atoms with Crippen molar-refractivity contribution >= 4 is 34.6 Å². The number of hydrogen-bond acceptors (Lipinski definition) is 5. The van der Waals surface area contributed by atoms with Crippen LogP contribution in [0.15, 0.2) is 17.5 Å². The number of hydrogen-bond donors (Lipinski definition) is 2. The van der Waals surface area contributed by atoms with Gasteiger partial charge in [-0.1, -0.05) is 12.8 Å². The molecule has 0 saturated heterocycles. The SMILES string of the molecule is Cc1csc(C2(NC(=O)c3ccc(C(=O)O)s3)CCCC2)n1. The van der Waals surface area contributed by atoms with Crippen LogP contribution in [0.2, 0.25) is 0 Å². The van der Waals surface area contributed by atoms with Crippen molar-refractivity contribution < 1.29 is 14.7 Å². The van der Waals surface area contributed by atoms with E-state index in [0.29, 0.717) is 4.88 Å². The summed E-state index contributed by atoms with van der Waals surface area (Å²) in [7, 11) is 0. The first-order valence-electron chi connectivity index (χ1n) is 7.08. The Morgan fingerprint density at radius 1 is 1.27 bits per heavy atom. The standard InChI is InChI=1S/C15H16N2O3S2/c1-9-8-21-14(16-9)15(6-2-3-7-15)17-12(18)10-4-5-11(22-10)13(19)20/h4-5,8H,2-3,6-7H2,1H3,(H,17,18)(H,19,20). The van der Waals surface area contributed by atoms with Crippen LogP contribution in [0.4, 0.5) is 0 Å². The van der Waals surface area contributed by atoms with Gasteiger partial charge in [0, 0.05) is 11.1 Å². The number of thiazole rings is 1. The van der Waals surface area contributed by atoms with E-state index >= 15 is 0 Å². The summed E-state index contributed by atoms with van der Waals surface area (Å²) < 4.78 is 0. The lowest BCUT2D eigenvalue weighted by Crippen LogP contribution is -2.43. The van der Waals surface area contributed by atoms with Gasteiger partial charge in [-0.25, -0.2) is 9.78 Å². The number of nitrogens with zero attached hydrogens (tertiary/aromatic N) is 1. The first-order chi connectivity index (χ1) is 10.5. The normalized spacial score (nSPS) is 16.6. The monoisotopic (exact) mass is 336 g/mol. The molecule has 1 saturated carbocycles. The molecule has 0 spiro atoms. The fourth-order valence-corrected chi connectivity index (χ4v) is 4.55. The zero-order valence-electron chi connectivity index (χ0n) is 12.1. The maximum Gasteiger partial charge on any atom is 0.345 e. The molecular formula is C15H16N2O3S2. The number of nitrogens with one attached hydrogen (secondary N) is 1. The minimum Gasteiger partial charge on any atom is -0.477 e. The van der Waals surface area contributed by atoms with E-state index in [1.165, 1.54) is 6.07 Å². The lowest BCUT2D eigenvalue weighted by molar-refractivity contribution is 0.0702. The number of rotatable bonds is 4. The quantitative estimate of drug-likeness (QED) is 0.897. The molecule has 5 nitrogen and oxygen atoms in total. The number of aromatic nitrogens is 1. The molecule has 0 aromatic carbocycles. The third kappa shape index (κ3) is 2.78. The fraction of sp³-hybridized carbons (Fsp3) is 0.400. The molecule has 1 aliphatic carbocycles. The molecule has 3 rings (SSSR count). The van der Waals surface area contributed by atoms with Crippen molar-refractivity contribution in [2.24, 2.45) is 0 Å². The summed E-state index contributed by atoms with van der Waals surface area (Å²) in [6.45, 7) is 1.95. The van der Waals surface area contributed by atoms with E-state index in [1.54, 1.807) is 17.4 Å². The van der Waals surface area contributed by atoms with Crippen LogP contribution >= 0.6 is 22.7 Å². The molecular weight excluding hydrogens is 320 g/mol. The number of aryl methyl sites for hydroxylation is 1. The van der Waals surface area contributed by atoms with Crippen LogP contribution in [0.1, 0.15) is 55.7 Å². The highest BCUT2D eigenvalue weighted by atomic mass is 32.1. The maximum atomic E-state index is 12.5. The highest BCUT2D eigenvalue weighted by Crippen LogP contribution is 2.40. The molecule has 2 N–H and O–H groups in total. The number of amides is 1. The Hall–Kier alpha value is -1.73. The Labute approximate surface area is 136 Å². The number of thiophene rings is 1. The van der Waals surface area contributed by atoms with Gasteiger partial charge in [-0.3, -0.25) is 4.79 Å². The molecule has 1 fully saturated rings. The lowest BCUT2D eigenvalue weighted by atomic mass is 9.98. The summed E-state index contributed by atoms with van der Waals surface area (Å²) in [5, 5.41) is 15.0. The van der Waals surface area contributed by atoms with E-state index in [0.717, 1.165) is 47.7 Å². The molecule has 116 valence electrons. The second kappa shape index (κ2) is 5.81. The van der Waals surface area contributed by atoms with Gasteiger partial charge < -0.3 is 10.4 Å². The van der Waals surface area contributed by atoms with Crippen LogP contribution in [0.25, 0.3) is 0 Å². The highest BCUT2D eigenvalue weighted by Gasteiger charge is 2.40. The maximum absolute atomic E-state index is 12.5. The van der Waals surface area contributed by atoms with Crippen molar-refractivity contribution in [2.75, 3.05) is 0 Å². The zero-order chi connectivity index (χ0) is 15.7. The van der Waals surface area contributed by atoms with Crippen LogP contribution in [0.5, 0.6) is 0 Å². The Balaban J connectivity index is 1.84. The van der Waals surface area contributed by atoms with Crippen LogP contribution in [-0.4, -0.2) is 22.0 Å². The zero-order valence-corrected chi connectivity index (χ0v) is 13.7. The molecule has 0 unspecified atom stereocenters. The number of carbonyl (C=O) groups excluding carboxylic acids is 1. The van der Waals surface area contributed by atoms with Crippen LogP contribution < -0.4 is 5.32 Å². The third-order valence-electron chi connectivity index (χ3n) is 3.88. The van der Waals surface area contributed by atoms with Crippen molar-refractivity contribution in [2.45, 2.75) is 38.1 Å². The van der Waals surface area contributed by atoms with Gasteiger partial charge in [-0.05, 0) is 31.9 Å². The van der Waals surface area contributed by atoms with E-state index in [1.807, 2.05) is 12.3 Å². The van der Waals surface area contributed by atoms with Crippen molar-refractivity contribution in [3.8, 4) is 0 Å².